The van der Waals surface area contributed by atoms with E-state index in [0.717, 1.165) is 11.6 Å². The largest absolute Gasteiger partial charge is 0.496 e. The van der Waals surface area contributed by atoms with Gasteiger partial charge in [-0.05, 0) is 42.2 Å². The first-order valence-corrected chi connectivity index (χ1v) is 7.48. The van der Waals surface area contributed by atoms with Gasteiger partial charge in [0.1, 0.15) is 5.75 Å². The molecule has 3 rings (SSSR count). The number of fused-ring (bicyclic) bond motifs is 1. The van der Waals surface area contributed by atoms with Gasteiger partial charge in [0.25, 0.3) is 0 Å². The maximum atomic E-state index is 13.1. The Balaban J connectivity index is 1.99. The van der Waals surface area contributed by atoms with E-state index in [9.17, 15) is 18.0 Å². The molecule has 1 aliphatic carbocycles. The van der Waals surface area contributed by atoms with E-state index in [-0.39, 0.29) is 11.5 Å². The molecular weight excluding hydrogens is 317 g/mol. The van der Waals surface area contributed by atoms with Crippen LogP contribution in [0.4, 0.5) is 13.2 Å². The Morgan fingerprint density at radius 3 is 2.54 bits per heavy atom. The summed E-state index contributed by atoms with van der Waals surface area (Å²) in [5, 5.41) is 0. The summed E-state index contributed by atoms with van der Waals surface area (Å²) in [7, 11) is 1.20. The standard InChI is InChI=1S/C19H15F3O2/c1-24-17-9-6-12(11-16(17)19(20,21)22)10-14-8-7-13-4-2-3-5-15(13)18(14)23/h2-6,9-11H,7-8H2,1H3. The Hall–Kier alpha value is -2.56. The topological polar surface area (TPSA) is 26.3 Å². The lowest BCUT2D eigenvalue weighted by atomic mass is 9.86. The molecule has 2 nitrogen and oxygen atoms in total. The van der Waals surface area contributed by atoms with Gasteiger partial charge in [0.2, 0.25) is 0 Å². The van der Waals surface area contributed by atoms with E-state index in [1.165, 1.54) is 25.3 Å². The van der Waals surface area contributed by atoms with Crippen LogP contribution in [0.2, 0.25) is 0 Å². The molecule has 0 saturated carbocycles. The van der Waals surface area contributed by atoms with E-state index in [4.69, 9.17) is 4.74 Å². The number of methoxy groups -OCH3 is 1. The fourth-order valence-corrected chi connectivity index (χ4v) is 2.89. The van der Waals surface area contributed by atoms with Crippen LogP contribution in [0.5, 0.6) is 5.75 Å². The van der Waals surface area contributed by atoms with Gasteiger partial charge in [0, 0.05) is 11.1 Å². The van der Waals surface area contributed by atoms with Gasteiger partial charge in [-0.1, -0.05) is 30.3 Å². The zero-order valence-electron chi connectivity index (χ0n) is 13.0. The van der Waals surface area contributed by atoms with Gasteiger partial charge in [0.15, 0.2) is 5.78 Å². The molecular formula is C19H15F3O2. The van der Waals surface area contributed by atoms with Crippen molar-refractivity contribution in [3.63, 3.8) is 0 Å². The molecule has 0 spiro atoms. The predicted molar refractivity (Wildman–Crippen MR) is 85.1 cm³/mol. The first-order chi connectivity index (χ1) is 11.4. The van der Waals surface area contributed by atoms with Gasteiger partial charge >= 0.3 is 6.18 Å². The highest BCUT2D eigenvalue weighted by molar-refractivity contribution is 6.13. The minimum Gasteiger partial charge on any atom is -0.496 e. The van der Waals surface area contributed by atoms with Crippen molar-refractivity contribution >= 4 is 11.9 Å². The second-order valence-electron chi connectivity index (χ2n) is 5.61. The summed E-state index contributed by atoms with van der Waals surface area (Å²) in [4.78, 5) is 12.5. The second kappa shape index (κ2) is 6.15. The number of alkyl halides is 3. The molecule has 0 aliphatic heterocycles. The number of ether oxygens (including phenoxy) is 1. The molecule has 0 unspecified atom stereocenters. The van der Waals surface area contributed by atoms with E-state index in [1.54, 1.807) is 12.1 Å². The number of hydrogen-bond donors (Lipinski definition) is 0. The van der Waals surface area contributed by atoms with Crippen LogP contribution in [0.25, 0.3) is 6.08 Å². The first kappa shape index (κ1) is 16.3. The van der Waals surface area contributed by atoms with Gasteiger partial charge in [-0.3, -0.25) is 4.79 Å². The van der Waals surface area contributed by atoms with Crippen molar-refractivity contribution in [3.8, 4) is 5.75 Å². The number of carbonyl (C=O) groups is 1. The van der Waals surface area contributed by atoms with Crippen molar-refractivity contribution in [1.82, 2.24) is 0 Å². The van der Waals surface area contributed by atoms with Crippen molar-refractivity contribution in [1.29, 1.82) is 0 Å². The van der Waals surface area contributed by atoms with Crippen molar-refractivity contribution < 1.29 is 22.7 Å². The van der Waals surface area contributed by atoms with Crippen molar-refractivity contribution in [3.05, 3.63) is 70.3 Å². The molecule has 0 radical (unpaired) electrons. The quantitative estimate of drug-likeness (QED) is 0.729. The summed E-state index contributed by atoms with van der Waals surface area (Å²) >= 11 is 0. The Bertz CT molecular complexity index is 820. The van der Waals surface area contributed by atoms with Gasteiger partial charge in [-0.25, -0.2) is 0 Å². The zero-order chi connectivity index (χ0) is 17.3. The molecule has 0 aromatic heterocycles. The van der Waals surface area contributed by atoms with Crippen LogP contribution < -0.4 is 4.74 Å². The number of allylic oxidation sites excluding steroid dienone is 1. The van der Waals surface area contributed by atoms with Gasteiger partial charge in [-0.15, -0.1) is 0 Å². The number of aryl methyl sites for hydroxylation is 1. The second-order valence-corrected chi connectivity index (χ2v) is 5.61. The van der Waals surface area contributed by atoms with Crippen LogP contribution in [0.15, 0.2) is 48.0 Å². The smallest absolute Gasteiger partial charge is 0.419 e. The molecule has 0 bridgehead atoms. The molecule has 24 heavy (non-hydrogen) atoms. The number of halogens is 3. The predicted octanol–water partition coefficient (Wildman–Crippen LogP) is 4.93. The summed E-state index contributed by atoms with van der Waals surface area (Å²) in [5.41, 5.74) is 1.62. The SMILES string of the molecule is COc1ccc(C=C2CCc3ccccc3C2=O)cc1C(F)(F)F. The van der Waals surface area contributed by atoms with Crippen LogP contribution in [0.1, 0.15) is 33.5 Å². The lowest BCUT2D eigenvalue weighted by molar-refractivity contribution is -0.138. The van der Waals surface area contributed by atoms with Crippen molar-refractivity contribution in [2.75, 3.05) is 7.11 Å². The van der Waals surface area contributed by atoms with Crippen LogP contribution >= 0.6 is 0 Å². The third-order valence-electron chi connectivity index (χ3n) is 4.09. The van der Waals surface area contributed by atoms with Gasteiger partial charge in [0.05, 0.1) is 12.7 Å². The first-order valence-electron chi connectivity index (χ1n) is 7.48. The maximum Gasteiger partial charge on any atom is 0.419 e. The number of rotatable bonds is 2. The summed E-state index contributed by atoms with van der Waals surface area (Å²) < 4.78 is 44.1. The van der Waals surface area contributed by atoms with E-state index in [0.29, 0.717) is 29.5 Å². The molecule has 2 aromatic carbocycles. The fraction of sp³-hybridized carbons (Fsp3) is 0.211. The molecule has 0 saturated heterocycles. The lowest BCUT2D eigenvalue weighted by Crippen LogP contribution is -2.14. The Morgan fingerprint density at radius 1 is 1.08 bits per heavy atom. The van der Waals surface area contributed by atoms with E-state index in [1.807, 2.05) is 12.1 Å². The van der Waals surface area contributed by atoms with Crippen LogP contribution in [-0.2, 0) is 12.6 Å². The molecule has 0 heterocycles. The Kier molecular flexibility index (Phi) is 4.18. The number of ketones is 1. The van der Waals surface area contributed by atoms with Gasteiger partial charge in [-0.2, -0.15) is 13.2 Å². The van der Waals surface area contributed by atoms with Crippen LogP contribution in [0, 0.1) is 0 Å². The van der Waals surface area contributed by atoms with Crippen molar-refractivity contribution in [2.24, 2.45) is 0 Å². The lowest BCUT2D eigenvalue weighted by Gasteiger charge is -2.17. The van der Waals surface area contributed by atoms with E-state index in [2.05, 4.69) is 0 Å². The molecule has 0 fully saturated rings. The highest BCUT2D eigenvalue weighted by Crippen LogP contribution is 2.37. The van der Waals surface area contributed by atoms with Crippen LogP contribution in [0.3, 0.4) is 0 Å². The molecule has 2 aromatic rings. The molecule has 0 atom stereocenters. The average Bonchev–Trinajstić information content (AvgIpc) is 2.57. The molecule has 124 valence electrons. The summed E-state index contributed by atoms with van der Waals surface area (Å²) in [6.45, 7) is 0. The van der Waals surface area contributed by atoms with Crippen LogP contribution in [-0.4, -0.2) is 12.9 Å². The number of hydrogen-bond acceptors (Lipinski definition) is 2. The zero-order valence-corrected chi connectivity index (χ0v) is 13.0. The van der Waals surface area contributed by atoms with E-state index < -0.39 is 11.7 Å². The third kappa shape index (κ3) is 3.07. The summed E-state index contributed by atoms with van der Waals surface area (Å²) in [6.07, 6.45) is -1.75. The summed E-state index contributed by atoms with van der Waals surface area (Å²) in [6, 6.07) is 11.1. The highest BCUT2D eigenvalue weighted by Gasteiger charge is 2.34. The molecule has 5 heteroatoms. The monoisotopic (exact) mass is 332 g/mol. The fourth-order valence-electron chi connectivity index (χ4n) is 2.89. The van der Waals surface area contributed by atoms with E-state index >= 15 is 0 Å². The number of benzene rings is 2. The molecule has 0 N–H and O–H groups in total. The molecule has 0 amide bonds. The average molecular weight is 332 g/mol. The molecule has 1 aliphatic rings. The maximum absolute atomic E-state index is 13.1. The number of carbonyl (C=O) groups excluding carboxylic acids is 1. The van der Waals surface area contributed by atoms with Crippen molar-refractivity contribution in [2.45, 2.75) is 19.0 Å². The Labute approximate surface area is 137 Å². The third-order valence-corrected chi connectivity index (χ3v) is 4.09. The van der Waals surface area contributed by atoms with Gasteiger partial charge < -0.3 is 4.74 Å². The summed E-state index contributed by atoms with van der Waals surface area (Å²) in [5.74, 6) is -0.355. The highest BCUT2D eigenvalue weighted by atomic mass is 19.4. The Morgan fingerprint density at radius 2 is 1.83 bits per heavy atom. The minimum atomic E-state index is -4.51. The number of Topliss-reactive ketones (excluding diaryl/α,β-unsaturated/α-hetero) is 1. The normalized spacial score (nSPS) is 16.2. The minimum absolute atomic E-state index is 0.124.